The monoisotopic (exact) mass is 329 g/mol. The fourth-order valence-corrected chi connectivity index (χ4v) is 3.95. The van der Waals surface area contributed by atoms with E-state index >= 15 is 0 Å². The van der Waals surface area contributed by atoms with Crippen molar-refractivity contribution >= 4 is 54.1 Å². The van der Waals surface area contributed by atoms with Gasteiger partial charge in [0, 0.05) is 0 Å². The molecule has 1 heterocycles. The van der Waals surface area contributed by atoms with E-state index in [2.05, 4.69) is 4.98 Å². The van der Waals surface area contributed by atoms with Crippen LogP contribution < -0.4 is 10.9 Å². The Bertz CT molecular complexity index is 1190. The molecule has 22 heavy (non-hydrogen) atoms. The minimum Gasteiger partial charge on any atom is -0.506 e. The molecular formula is C16H8ClNO3S. The Kier molecular flexibility index (Phi) is 2.76. The van der Waals surface area contributed by atoms with Gasteiger partial charge in [0.15, 0.2) is 10.9 Å². The Balaban J connectivity index is 2.44. The van der Waals surface area contributed by atoms with Crippen molar-refractivity contribution in [3.8, 4) is 5.75 Å². The second-order valence-corrected chi connectivity index (χ2v) is 6.33. The number of nitrogens with one attached hydrogen (secondary N) is 1. The summed E-state index contributed by atoms with van der Waals surface area (Å²) < 4.78 is 1.48. The zero-order chi connectivity index (χ0) is 15.4. The molecule has 0 spiro atoms. The average Bonchev–Trinajstić information content (AvgIpc) is 2.53. The Morgan fingerprint density at radius 1 is 1.00 bits per heavy atom. The van der Waals surface area contributed by atoms with Gasteiger partial charge in [-0.2, -0.15) is 0 Å². The summed E-state index contributed by atoms with van der Waals surface area (Å²) in [6.07, 6.45) is 0. The number of aromatic nitrogens is 1. The summed E-state index contributed by atoms with van der Waals surface area (Å²) in [7, 11) is 0. The maximum Gasteiger partial charge on any atom is 0.190 e. The van der Waals surface area contributed by atoms with Crippen molar-refractivity contribution in [1.29, 1.82) is 0 Å². The van der Waals surface area contributed by atoms with Crippen LogP contribution in [0.4, 0.5) is 0 Å². The van der Waals surface area contributed by atoms with E-state index in [0.29, 0.717) is 10.2 Å². The summed E-state index contributed by atoms with van der Waals surface area (Å²) in [6.45, 7) is 0. The van der Waals surface area contributed by atoms with Crippen molar-refractivity contribution in [1.82, 2.24) is 4.98 Å². The maximum atomic E-state index is 12.2. The van der Waals surface area contributed by atoms with Gasteiger partial charge in [-0.15, -0.1) is 11.3 Å². The number of para-hydroxylation sites is 1. The lowest BCUT2D eigenvalue weighted by molar-refractivity contribution is 0.482. The summed E-state index contributed by atoms with van der Waals surface area (Å²) in [4.78, 5) is 27.4. The Hall–Kier alpha value is -2.37. The molecule has 0 unspecified atom stereocenters. The van der Waals surface area contributed by atoms with Gasteiger partial charge in [0.1, 0.15) is 10.8 Å². The third kappa shape index (κ3) is 1.70. The molecule has 0 aliphatic carbocycles. The fraction of sp³-hybridized carbons (Fsp3) is 0. The van der Waals surface area contributed by atoms with Crippen molar-refractivity contribution in [2.45, 2.75) is 0 Å². The van der Waals surface area contributed by atoms with Gasteiger partial charge in [-0.25, -0.2) is 0 Å². The Morgan fingerprint density at radius 2 is 1.68 bits per heavy atom. The van der Waals surface area contributed by atoms with E-state index in [4.69, 9.17) is 11.6 Å². The van der Waals surface area contributed by atoms with Gasteiger partial charge in [0.2, 0.25) is 0 Å². The highest BCUT2D eigenvalue weighted by molar-refractivity contribution is 7.25. The minimum atomic E-state index is -0.428. The van der Waals surface area contributed by atoms with Crippen molar-refractivity contribution < 1.29 is 5.11 Å². The number of hydrogen-bond acceptors (Lipinski definition) is 4. The standard InChI is InChI=1S/C16H8ClNO3S/c17-13-15(21)12-9(20)6-5-8(19)11(12)14-16(13)22-10-4-2-1-3-7(10)18-14/h1-6,18,21H. The van der Waals surface area contributed by atoms with E-state index in [1.54, 1.807) is 0 Å². The van der Waals surface area contributed by atoms with Gasteiger partial charge in [-0.1, -0.05) is 23.7 Å². The second-order valence-electron chi connectivity index (χ2n) is 4.90. The first kappa shape index (κ1) is 13.3. The van der Waals surface area contributed by atoms with E-state index in [-0.39, 0.29) is 27.0 Å². The molecule has 0 saturated carbocycles. The SMILES string of the molecule is O=c1ccc(=O)c2c1c(O)c(Cl)c1sc3ccccc3[nH]c12. The summed E-state index contributed by atoms with van der Waals surface area (Å²) in [5.41, 5.74) is 0.552. The van der Waals surface area contributed by atoms with Gasteiger partial charge in [0.05, 0.1) is 31.2 Å². The number of aromatic amines is 1. The van der Waals surface area contributed by atoms with Crippen molar-refractivity contribution in [2.24, 2.45) is 0 Å². The van der Waals surface area contributed by atoms with E-state index in [0.717, 1.165) is 16.3 Å². The quantitative estimate of drug-likeness (QED) is 0.382. The molecule has 2 N–H and O–H groups in total. The minimum absolute atomic E-state index is 0.0382. The maximum absolute atomic E-state index is 12.2. The number of hydrogen-bond donors (Lipinski definition) is 2. The van der Waals surface area contributed by atoms with Gasteiger partial charge >= 0.3 is 0 Å². The van der Waals surface area contributed by atoms with Crippen LogP contribution in [0.3, 0.4) is 0 Å². The zero-order valence-electron chi connectivity index (χ0n) is 11.0. The molecule has 0 saturated heterocycles. The lowest BCUT2D eigenvalue weighted by Gasteiger charge is -2.09. The third-order valence-corrected chi connectivity index (χ3v) is 5.28. The number of H-pyrrole nitrogens is 1. The molecule has 0 amide bonds. The predicted molar refractivity (Wildman–Crippen MR) is 90.4 cm³/mol. The second kappa shape index (κ2) is 4.56. The van der Waals surface area contributed by atoms with Crippen molar-refractivity contribution in [3.63, 3.8) is 0 Å². The van der Waals surface area contributed by atoms with E-state index < -0.39 is 5.43 Å². The number of phenols is 1. The number of rotatable bonds is 0. The number of benzene rings is 3. The molecule has 0 radical (unpaired) electrons. The van der Waals surface area contributed by atoms with E-state index in [9.17, 15) is 14.7 Å². The van der Waals surface area contributed by atoms with Crippen LogP contribution in [0.1, 0.15) is 0 Å². The van der Waals surface area contributed by atoms with Crippen LogP contribution in [-0.4, -0.2) is 10.1 Å². The van der Waals surface area contributed by atoms with Crippen LogP contribution in [0.2, 0.25) is 5.02 Å². The smallest absolute Gasteiger partial charge is 0.190 e. The van der Waals surface area contributed by atoms with Gasteiger partial charge in [0.25, 0.3) is 0 Å². The highest BCUT2D eigenvalue weighted by atomic mass is 35.5. The van der Waals surface area contributed by atoms with Crippen molar-refractivity contribution in [2.75, 3.05) is 0 Å². The van der Waals surface area contributed by atoms with Gasteiger partial charge < -0.3 is 10.1 Å². The molecule has 6 heteroatoms. The van der Waals surface area contributed by atoms with Crippen LogP contribution in [-0.2, 0) is 0 Å². The molecule has 0 atom stereocenters. The summed E-state index contributed by atoms with van der Waals surface area (Å²) in [5, 5.41) is 10.5. The number of aromatic hydroxyl groups is 1. The highest BCUT2D eigenvalue weighted by Gasteiger charge is 2.18. The molecule has 108 valence electrons. The predicted octanol–water partition coefficient (Wildman–Crippen LogP) is 3.62. The summed E-state index contributed by atoms with van der Waals surface area (Å²) >= 11 is 7.59. The molecule has 0 fully saturated rings. The van der Waals surface area contributed by atoms with Crippen LogP contribution in [0, 0.1) is 0 Å². The Morgan fingerprint density at radius 3 is 2.45 bits per heavy atom. The zero-order valence-corrected chi connectivity index (χ0v) is 12.6. The molecule has 4 nitrogen and oxygen atoms in total. The molecule has 0 aliphatic rings. The highest BCUT2D eigenvalue weighted by Crippen LogP contribution is 2.40. The number of halogens is 1. The van der Waals surface area contributed by atoms with E-state index in [1.807, 2.05) is 24.3 Å². The molecule has 3 aromatic carbocycles. The largest absolute Gasteiger partial charge is 0.506 e. The summed E-state index contributed by atoms with van der Waals surface area (Å²) in [5.74, 6) is -0.341. The molecule has 0 bridgehead atoms. The number of phenolic OH excluding ortho intramolecular Hbond substituents is 1. The summed E-state index contributed by atoms with van der Waals surface area (Å²) in [6, 6.07) is 9.92. The van der Waals surface area contributed by atoms with Crippen molar-refractivity contribution in [3.05, 3.63) is 61.9 Å². The van der Waals surface area contributed by atoms with Crippen LogP contribution in [0.5, 0.6) is 5.75 Å². The number of fused-ring (bicyclic) bond motifs is 4. The lowest BCUT2D eigenvalue weighted by Crippen LogP contribution is -2.10. The third-order valence-electron chi connectivity index (χ3n) is 3.61. The van der Waals surface area contributed by atoms with Gasteiger partial charge in [-0.3, -0.25) is 9.59 Å². The molecule has 4 aromatic rings. The molecule has 4 rings (SSSR count). The molecule has 0 aliphatic heterocycles. The first-order valence-corrected chi connectivity index (χ1v) is 7.66. The average molecular weight is 330 g/mol. The molecular weight excluding hydrogens is 322 g/mol. The first-order chi connectivity index (χ1) is 10.6. The van der Waals surface area contributed by atoms with Crippen LogP contribution >= 0.6 is 22.9 Å². The van der Waals surface area contributed by atoms with Gasteiger partial charge in [-0.05, 0) is 24.3 Å². The molecule has 1 aromatic heterocycles. The topological polar surface area (TPSA) is 70.2 Å². The fourth-order valence-electron chi connectivity index (χ4n) is 2.61. The van der Waals surface area contributed by atoms with E-state index in [1.165, 1.54) is 17.4 Å². The van der Waals surface area contributed by atoms with Crippen LogP contribution in [0.15, 0.2) is 46.0 Å². The Labute approximate surface area is 132 Å². The first-order valence-electron chi connectivity index (χ1n) is 6.47. The lowest BCUT2D eigenvalue weighted by atomic mass is 10.1. The van der Waals surface area contributed by atoms with Crippen LogP contribution in [0.25, 0.3) is 31.2 Å². The normalized spacial score (nSPS) is 11.5.